The van der Waals surface area contributed by atoms with E-state index in [1.807, 2.05) is 0 Å². The van der Waals surface area contributed by atoms with Crippen molar-refractivity contribution >= 4 is 22.3 Å². The molecule has 1 aromatic carbocycles. The Morgan fingerprint density at radius 3 is 2.59 bits per heavy atom. The van der Waals surface area contributed by atoms with Crippen molar-refractivity contribution in [1.29, 1.82) is 0 Å². The average molecular weight is 259 g/mol. The minimum Gasteiger partial charge on any atom is -0.507 e. The smallest absolute Gasteiger partial charge is 0.325 e. The molecule has 8 heteroatoms. The van der Waals surface area contributed by atoms with Crippen molar-refractivity contribution in [3.63, 3.8) is 0 Å². The summed E-state index contributed by atoms with van der Waals surface area (Å²) in [4.78, 5) is 13.2. The molecular weight excluding hydrogens is 250 g/mol. The lowest BCUT2D eigenvalue weighted by Crippen LogP contribution is -2.01. The summed E-state index contributed by atoms with van der Waals surface area (Å²) in [6.45, 7) is -0.504. The molecule has 0 bridgehead atoms. The highest BCUT2D eigenvalue weighted by atomic mass is 32.2. The Morgan fingerprint density at radius 1 is 1.41 bits per heavy atom. The number of aromatic hydroxyl groups is 1. The Bertz CT molecular complexity index is 563. The van der Waals surface area contributed by atoms with Crippen LogP contribution in [0.5, 0.6) is 5.75 Å². The zero-order chi connectivity index (χ0) is 13.1. The number of hydrogen-bond donors (Lipinski definition) is 3. The van der Waals surface area contributed by atoms with Crippen molar-refractivity contribution in [1.82, 2.24) is 0 Å². The molecule has 0 spiro atoms. The summed E-state index contributed by atoms with van der Waals surface area (Å²) in [7, 11) is -4.37. The van der Waals surface area contributed by atoms with Gasteiger partial charge in [0.05, 0.1) is 4.90 Å². The highest BCUT2D eigenvalue weighted by Crippen LogP contribution is 2.19. The summed E-state index contributed by atoms with van der Waals surface area (Å²) in [5, 5.41) is 17.7. The van der Waals surface area contributed by atoms with Gasteiger partial charge in [-0.1, -0.05) is 0 Å². The van der Waals surface area contributed by atoms with Crippen LogP contribution in [0.2, 0.25) is 0 Å². The van der Waals surface area contributed by atoms with E-state index in [-0.39, 0.29) is 11.3 Å². The number of aliphatic carboxylic acids is 1. The maximum Gasteiger partial charge on any atom is 0.325 e. The van der Waals surface area contributed by atoms with E-state index in [0.717, 1.165) is 24.4 Å². The van der Waals surface area contributed by atoms with Gasteiger partial charge < -0.3 is 10.2 Å². The van der Waals surface area contributed by atoms with Crippen molar-refractivity contribution in [3.8, 4) is 5.75 Å². The number of carbonyl (C=O) groups is 1. The summed E-state index contributed by atoms with van der Waals surface area (Å²) < 4.78 is 30.4. The molecule has 0 aliphatic rings. The number of rotatable bonds is 4. The van der Waals surface area contributed by atoms with E-state index in [2.05, 4.69) is 4.99 Å². The Morgan fingerprint density at radius 2 is 2.06 bits per heavy atom. The normalized spacial score (nSPS) is 11.8. The van der Waals surface area contributed by atoms with Gasteiger partial charge in [-0.2, -0.15) is 8.42 Å². The van der Waals surface area contributed by atoms with Crippen molar-refractivity contribution in [3.05, 3.63) is 23.8 Å². The molecule has 0 amide bonds. The zero-order valence-electron chi connectivity index (χ0n) is 8.44. The highest BCUT2D eigenvalue weighted by molar-refractivity contribution is 7.85. The van der Waals surface area contributed by atoms with Crippen molar-refractivity contribution in [2.75, 3.05) is 6.54 Å². The van der Waals surface area contributed by atoms with Gasteiger partial charge in [0, 0.05) is 11.8 Å². The molecule has 0 saturated carbocycles. The third-order valence-electron chi connectivity index (χ3n) is 1.75. The Hall–Kier alpha value is -1.93. The fourth-order valence-electron chi connectivity index (χ4n) is 1.02. The third kappa shape index (κ3) is 3.85. The lowest BCUT2D eigenvalue weighted by atomic mass is 10.2. The second kappa shape index (κ2) is 4.93. The summed E-state index contributed by atoms with van der Waals surface area (Å²) in [6, 6.07) is 3.06. The zero-order valence-corrected chi connectivity index (χ0v) is 9.25. The second-order valence-electron chi connectivity index (χ2n) is 3.06. The van der Waals surface area contributed by atoms with Gasteiger partial charge in [-0.25, -0.2) is 0 Å². The maximum absolute atomic E-state index is 10.8. The van der Waals surface area contributed by atoms with Gasteiger partial charge in [-0.15, -0.1) is 0 Å². The Balaban J connectivity index is 3.07. The van der Waals surface area contributed by atoms with E-state index in [1.54, 1.807) is 0 Å². The quantitative estimate of drug-likeness (QED) is 0.522. The van der Waals surface area contributed by atoms with Crippen LogP contribution in [0.3, 0.4) is 0 Å². The van der Waals surface area contributed by atoms with Gasteiger partial charge in [0.25, 0.3) is 10.1 Å². The number of nitrogens with zero attached hydrogens (tertiary/aromatic N) is 1. The summed E-state index contributed by atoms with van der Waals surface area (Å²) >= 11 is 0. The number of phenolic OH excluding ortho intramolecular Hbond substituents is 1. The van der Waals surface area contributed by atoms with Crippen LogP contribution in [-0.4, -0.2) is 41.9 Å². The lowest BCUT2D eigenvalue weighted by molar-refractivity contribution is -0.135. The first-order valence-electron chi connectivity index (χ1n) is 4.33. The first-order chi connectivity index (χ1) is 7.80. The molecule has 17 heavy (non-hydrogen) atoms. The van der Waals surface area contributed by atoms with Crippen LogP contribution in [0.1, 0.15) is 5.56 Å². The fourth-order valence-corrected chi connectivity index (χ4v) is 1.53. The molecule has 0 aromatic heterocycles. The van der Waals surface area contributed by atoms with Crippen LogP contribution in [-0.2, 0) is 14.9 Å². The summed E-state index contributed by atoms with van der Waals surface area (Å²) in [5.41, 5.74) is 0.00127. The predicted octanol–water partition coefficient (Wildman–Crippen LogP) is 0.142. The maximum atomic E-state index is 10.8. The van der Waals surface area contributed by atoms with E-state index < -0.39 is 27.5 Å². The summed E-state index contributed by atoms with van der Waals surface area (Å²) in [5.74, 6) is -1.43. The van der Waals surface area contributed by atoms with Gasteiger partial charge in [-0.05, 0) is 18.2 Å². The van der Waals surface area contributed by atoms with Gasteiger partial charge in [0.2, 0.25) is 0 Å². The van der Waals surface area contributed by atoms with Crippen LogP contribution >= 0.6 is 0 Å². The molecule has 3 N–H and O–H groups in total. The van der Waals surface area contributed by atoms with Gasteiger partial charge in [0.1, 0.15) is 12.3 Å². The molecule has 0 heterocycles. The van der Waals surface area contributed by atoms with Crippen molar-refractivity contribution < 1.29 is 28.0 Å². The first kappa shape index (κ1) is 13.1. The number of benzene rings is 1. The Labute approximate surface area is 96.8 Å². The highest BCUT2D eigenvalue weighted by Gasteiger charge is 2.11. The lowest BCUT2D eigenvalue weighted by Gasteiger charge is -2.01. The molecule has 0 unspecified atom stereocenters. The van der Waals surface area contributed by atoms with E-state index in [0.29, 0.717) is 0 Å². The largest absolute Gasteiger partial charge is 0.507 e. The molecule has 1 rings (SSSR count). The molecule has 0 aliphatic heterocycles. The topological polar surface area (TPSA) is 124 Å². The van der Waals surface area contributed by atoms with E-state index in [4.69, 9.17) is 9.66 Å². The molecule has 0 fully saturated rings. The minimum absolute atomic E-state index is 0.00127. The number of phenols is 1. The molecular formula is C9H9NO6S. The SMILES string of the molecule is O=C(O)CN=Cc1cc(S(=O)(=O)O)ccc1O. The third-order valence-corrected chi connectivity index (χ3v) is 2.60. The molecule has 1 aromatic rings. The second-order valence-corrected chi connectivity index (χ2v) is 4.48. The number of carboxylic acid groups (broad SMARTS) is 1. The van der Waals surface area contributed by atoms with Crippen LogP contribution in [0.4, 0.5) is 0 Å². The van der Waals surface area contributed by atoms with E-state index in [1.165, 1.54) is 0 Å². The average Bonchev–Trinajstić information content (AvgIpc) is 2.18. The monoisotopic (exact) mass is 259 g/mol. The van der Waals surface area contributed by atoms with Crippen LogP contribution < -0.4 is 0 Å². The van der Waals surface area contributed by atoms with Crippen LogP contribution in [0, 0.1) is 0 Å². The molecule has 0 saturated heterocycles. The van der Waals surface area contributed by atoms with Crippen LogP contribution in [0.15, 0.2) is 28.1 Å². The van der Waals surface area contributed by atoms with Gasteiger partial charge in [0.15, 0.2) is 0 Å². The fraction of sp³-hybridized carbons (Fsp3) is 0.111. The van der Waals surface area contributed by atoms with E-state index >= 15 is 0 Å². The predicted molar refractivity (Wildman–Crippen MR) is 58.0 cm³/mol. The molecule has 7 nitrogen and oxygen atoms in total. The van der Waals surface area contributed by atoms with Gasteiger partial charge >= 0.3 is 5.97 Å². The first-order valence-corrected chi connectivity index (χ1v) is 5.77. The Kier molecular flexibility index (Phi) is 3.81. The molecule has 0 radical (unpaired) electrons. The van der Waals surface area contributed by atoms with Crippen molar-refractivity contribution in [2.45, 2.75) is 4.90 Å². The number of carboxylic acids is 1. The molecule has 0 atom stereocenters. The van der Waals surface area contributed by atoms with Gasteiger partial charge in [-0.3, -0.25) is 14.3 Å². The van der Waals surface area contributed by atoms with Crippen molar-refractivity contribution in [2.24, 2.45) is 4.99 Å². The standard InChI is InChI=1S/C9H9NO6S/c11-8-2-1-7(17(14,15)16)3-6(8)4-10-5-9(12)13/h1-4,11H,5H2,(H,12,13)(H,14,15,16). The summed E-state index contributed by atoms with van der Waals surface area (Å²) in [6.07, 6.45) is 1.01. The minimum atomic E-state index is -4.37. The molecule has 92 valence electrons. The number of aliphatic imine (C=N–C) groups is 1. The molecule has 0 aliphatic carbocycles. The van der Waals surface area contributed by atoms with Crippen LogP contribution in [0.25, 0.3) is 0 Å². The van der Waals surface area contributed by atoms with E-state index in [9.17, 15) is 18.3 Å². The number of hydrogen-bond acceptors (Lipinski definition) is 5.